The normalized spacial score (nSPS) is 15.7. The van der Waals surface area contributed by atoms with E-state index in [-0.39, 0.29) is 27.9 Å². The van der Waals surface area contributed by atoms with Gasteiger partial charge in [0.2, 0.25) is 0 Å². The van der Waals surface area contributed by atoms with E-state index in [1.54, 1.807) is 23.8 Å². The summed E-state index contributed by atoms with van der Waals surface area (Å²) < 4.78 is 80.0. The second-order valence-electron chi connectivity index (χ2n) is 7.85. The fourth-order valence-corrected chi connectivity index (χ4v) is 6.14. The molecule has 4 aromatic rings. The molecule has 3 heterocycles. The van der Waals surface area contributed by atoms with Crippen molar-refractivity contribution in [3.63, 3.8) is 0 Å². The number of thiazole rings is 2. The molecule has 2 aromatic carbocycles. The van der Waals surface area contributed by atoms with E-state index in [0.29, 0.717) is 28.4 Å². The van der Waals surface area contributed by atoms with Crippen LogP contribution in [0.3, 0.4) is 0 Å². The molecule has 1 aliphatic rings. The molecule has 1 atom stereocenters. The van der Waals surface area contributed by atoms with Crippen molar-refractivity contribution < 1.29 is 31.1 Å². The first-order chi connectivity index (χ1) is 17.1. The van der Waals surface area contributed by atoms with Crippen LogP contribution in [0.25, 0.3) is 11.3 Å². The van der Waals surface area contributed by atoms with Gasteiger partial charge >= 0.3 is 6.18 Å². The van der Waals surface area contributed by atoms with Gasteiger partial charge in [0.05, 0.1) is 27.8 Å². The number of aromatic nitrogens is 2. The summed E-state index contributed by atoms with van der Waals surface area (Å²) in [5.41, 5.74) is 0.412. The molecule has 0 amide bonds. The third-order valence-electron chi connectivity index (χ3n) is 5.40. The lowest BCUT2D eigenvalue weighted by molar-refractivity contribution is -0.137. The zero-order valence-corrected chi connectivity index (χ0v) is 21.0. The van der Waals surface area contributed by atoms with Gasteiger partial charge < -0.3 is 9.47 Å². The van der Waals surface area contributed by atoms with Gasteiger partial charge in [-0.1, -0.05) is 6.07 Å². The molecule has 0 saturated carbocycles. The van der Waals surface area contributed by atoms with Crippen molar-refractivity contribution in [3.8, 4) is 22.8 Å². The number of aryl methyl sites for hydroxylation is 1. The highest BCUT2D eigenvalue weighted by Crippen LogP contribution is 2.42. The third-order valence-corrected chi connectivity index (χ3v) is 8.33. The van der Waals surface area contributed by atoms with Crippen molar-refractivity contribution in [2.45, 2.75) is 30.5 Å². The van der Waals surface area contributed by atoms with Gasteiger partial charge in [0.1, 0.15) is 17.6 Å². The number of halogens is 3. The first-order valence-corrected chi connectivity index (χ1v) is 13.8. The zero-order valence-electron chi connectivity index (χ0n) is 18.6. The van der Waals surface area contributed by atoms with Crippen molar-refractivity contribution in [2.75, 3.05) is 11.3 Å². The summed E-state index contributed by atoms with van der Waals surface area (Å²) >= 11 is 2.48. The van der Waals surface area contributed by atoms with E-state index >= 15 is 0 Å². The first-order valence-electron chi connectivity index (χ1n) is 10.6. The molecule has 5 rings (SSSR count). The lowest BCUT2D eigenvalue weighted by atomic mass is 10.0. The largest absolute Gasteiger partial charge is 0.493 e. The summed E-state index contributed by atoms with van der Waals surface area (Å²) in [6.07, 6.45) is -3.17. The van der Waals surface area contributed by atoms with Crippen molar-refractivity contribution in [1.29, 1.82) is 0 Å². The number of anilines is 1. The Morgan fingerprint density at radius 1 is 1.17 bits per heavy atom. The first kappa shape index (κ1) is 24.5. The summed E-state index contributed by atoms with van der Waals surface area (Å²) in [6.45, 7) is 2.01. The van der Waals surface area contributed by atoms with Gasteiger partial charge in [-0.05, 0) is 31.2 Å². The Bertz CT molecular complexity index is 1500. The van der Waals surface area contributed by atoms with E-state index in [1.165, 1.54) is 35.7 Å². The number of fused-ring (bicyclic) bond motifs is 1. The summed E-state index contributed by atoms with van der Waals surface area (Å²) in [5, 5.41) is 4.28. The quantitative estimate of drug-likeness (QED) is 0.302. The SMILES string of the molecule is Cc1nc(-c2cc(C(F)(F)F)ccc2OC2CCOc3cc(S(=O)(=O)Nc4nccs4)ccc32)cs1. The van der Waals surface area contributed by atoms with Crippen molar-refractivity contribution in [1.82, 2.24) is 9.97 Å². The number of alkyl halides is 3. The van der Waals surface area contributed by atoms with Gasteiger partial charge in [-0.3, -0.25) is 4.72 Å². The smallest absolute Gasteiger partial charge is 0.416 e. The van der Waals surface area contributed by atoms with Gasteiger partial charge in [-0.25, -0.2) is 18.4 Å². The maximum atomic E-state index is 13.4. The van der Waals surface area contributed by atoms with Gasteiger partial charge in [-0.15, -0.1) is 22.7 Å². The molecule has 0 aliphatic carbocycles. The minimum absolute atomic E-state index is 0.00901. The zero-order chi connectivity index (χ0) is 25.5. The monoisotopic (exact) mass is 553 g/mol. The predicted molar refractivity (Wildman–Crippen MR) is 130 cm³/mol. The Morgan fingerprint density at radius 2 is 2.00 bits per heavy atom. The Hall–Kier alpha value is -3.16. The van der Waals surface area contributed by atoms with Crippen LogP contribution in [0.1, 0.15) is 28.7 Å². The summed E-state index contributed by atoms with van der Waals surface area (Å²) in [7, 11) is -3.89. The van der Waals surface area contributed by atoms with Crippen LogP contribution >= 0.6 is 22.7 Å². The third kappa shape index (κ3) is 5.04. The molecule has 13 heteroatoms. The lowest BCUT2D eigenvalue weighted by Gasteiger charge is -2.28. The topological polar surface area (TPSA) is 90.4 Å². The van der Waals surface area contributed by atoms with Crippen LogP contribution in [0, 0.1) is 6.92 Å². The highest BCUT2D eigenvalue weighted by Gasteiger charge is 2.33. The Morgan fingerprint density at radius 3 is 2.69 bits per heavy atom. The molecule has 1 aliphatic heterocycles. The fraction of sp³-hybridized carbons (Fsp3) is 0.217. The van der Waals surface area contributed by atoms with Crippen LogP contribution in [0.15, 0.2) is 58.3 Å². The number of nitrogens with one attached hydrogen (secondary N) is 1. The van der Waals surface area contributed by atoms with E-state index in [1.807, 2.05) is 0 Å². The second kappa shape index (κ2) is 9.37. The van der Waals surface area contributed by atoms with Crippen LogP contribution in [0.5, 0.6) is 11.5 Å². The molecule has 2 aromatic heterocycles. The highest BCUT2D eigenvalue weighted by molar-refractivity contribution is 7.93. The second-order valence-corrected chi connectivity index (χ2v) is 11.5. The summed E-state index contributed by atoms with van der Waals surface area (Å²) in [6, 6.07) is 7.71. The van der Waals surface area contributed by atoms with Gasteiger partial charge in [0, 0.05) is 40.6 Å². The number of ether oxygens (including phenoxy) is 2. The molecule has 0 fully saturated rings. The number of sulfonamides is 1. The average molecular weight is 554 g/mol. The van der Waals surface area contributed by atoms with E-state index < -0.39 is 27.9 Å². The van der Waals surface area contributed by atoms with Gasteiger partial charge in [0.15, 0.2) is 5.13 Å². The number of nitrogens with zero attached hydrogens (tertiary/aromatic N) is 2. The van der Waals surface area contributed by atoms with Crippen molar-refractivity contribution in [3.05, 3.63) is 69.5 Å². The molecular weight excluding hydrogens is 535 g/mol. The van der Waals surface area contributed by atoms with E-state index in [9.17, 15) is 21.6 Å². The summed E-state index contributed by atoms with van der Waals surface area (Å²) in [4.78, 5) is 8.26. The molecular formula is C23H18F3N3O4S3. The minimum atomic E-state index is -4.52. The van der Waals surface area contributed by atoms with Crippen LogP contribution in [0.2, 0.25) is 0 Å². The van der Waals surface area contributed by atoms with Crippen LogP contribution in [-0.4, -0.2) is 25.0 Å². The number of hydrogen-bond donors (Lipinski definition) is 1. The molecule has 36 heavy (non-hydrogen) atoms. The van der Waals surface area contributed by atoms with Crippen molar-refractivity contribution >= 4 is 37.8 Å². The molecule has 0 bridgehead atoms. The van der Waals surface area contributed by atoms with E-state index in [0.717, 1.165) is 23.5 Å². The lowest BCUT2D eigenvalue weighted by Crippen LogP contribution is -2.20. The molecule has 0 spiro atoms. The highest BCUT2D eigenvalue weighted by atomic mass is 32.2. The summed E-state index contributed by atoms with van der Waals surface area (Å²) in [5.74, 6) is 0.569. The number of benzene rings is 2. The molecule has 7 nitrogen and oxygen atoms in total. The molecule has 0 saturated heterocycles. The van der Waals surface area contributed by atoms with Crippen LogP contribution in [0.4, 0.5) is 18.3 Å². The Labute approximate surface area is 212 Å². The molecule has 1 N–H and O–H groups in total. The van der Waals surface area contributed by atoms with Gasteiger partial charge in [-0.2, -0.15) is 13.2 Å². The van der Waals surface area contributed by atoms with Crippen LogP contribution in [-0.2, 0) is 16.2 Å². The van der Waals surface area contributed by atoms with E-state index in [2.05, 4.69) is 14.7 Å². The predicted octanol–water partition coefficient (Wildman–Crippen LogP) is 6.30. The number of rotatable bonds is 6. The van der Waals surface area contributed by atoms with E-state index in [4.69, 9.17) is 9.47 Å². The van der Waals surface area contributed by atoms with Crippen molar-refractivity contribution in [2.24, 2.45) is 0 Å². The average Bonchev–Trinajstić information content (AvgIpc) is 3.50. The molecule has 0 radical (unpaired) electrons. The maximum Gasteiger partial charge on any atom is 0.416 e. The van der Waals surface area contributed by atoms with Crippen LogP contribution < -0.4 is 14.2 Å². The maximum absolute atomic E-state index is 13.4. The Kier molecular flexibility index (Phi) is 6.39. The Balaban J connectivity index is 1.47. The molecule has 1 unspecified atom stereocenters. The minimum Gasteiger partial charge on any atom is -0.493 e. The van der Waals surface area contributed by atoms with Gasteiger partial charge in [0.25, 0.3) is 10.0 Å². The molecule has 188 valence electrons. The number of hydrogen-bond acceptors (Lipinski definition) is 8. The standard InChI is InChI=1S/C23H18F3N3O4S3/c1-13-28-18(12-35-13)17-10-14(23(24,25)26)2-5-19(17)33-20-6-8-32-21-11-15(3-4-16(20)21)36(30,31)29-22-27-7-9-34-22/h2-5,7,9-12,20H,6,8H2,1H3,(H,27,29). The fourth-order valence-electron chi connectivity index (χ4n) is 3.72.